The monoisotopic (exact) mass is 355 g/mol. The van der Waals surface area contributed by atoms with Crippen molar-refractivity contribution >= 4 is 29.4 Å². The molecule has 0 spiro atoms. The lowest BCUT2D eigenvalue weighted by atomic mass is 9.92. The zero-order valence-corrected chi connectivity index (χ0v) is 14.8. The van der Waals surface area contributed by atoms with Crippen LogP contribution in [0.4, 0.5) is 5.82 Å². The Morgan fingerprint density at radius 2 is 2.17 bits per heavy atom. The van der Waals surface area contributed by atoms with Crippen LogP contribution in [0.2, 0.25) is 0 Å². The minimum Gasteiger partial charge on any atom is -0.396 e. The maximum absolute atomic E-state index is 12.2. The fourth-order valence-electron chi connectivity index (χ4n) is 2.78. The molecule has 1 saturated heterocycles. The summed E-state index contributed by atoms with van der Waals surface area (Å²) < 4.78 is 4.87. The highest BCUT2D eigenvalue weighted by molar-refractivity contribution is 8.00. The maximum Gasteiger partial charge on any atom is 0.235 e. The fraction of sp³-hybridized carbons (Fsp3) is 0.688. The number of hydrogen-bond donors (Lipinski definition) is 2. The van der Waals surface area contributed by atoms with Crippen LogP contribution in [0, 0.1) is 12.8 Å². The number of aliphatic hydroxyl groups excluding tert-OH is 1. The number of likely N-dealkylation sites (tertiary alicyclic amines) is 1. The van der Waals surface area contributed by atoms with Gasteiger partial charge in [-0.05, 0) is 38.5 Å². The summed E-state index contributed by atoms with van der Waals surface area (Å²) in [4.78, 5) is 25.8. The third kappa shape index (κ3) is 6.16. The maximum atomic E-state index is 12.2. The van der Waals surface area contributed by atoms with Crippen LogP contribution in [0.3, 0.4) is 0 Å². The first-order valence-corrected chi connectivity index (χ1v) is 9.43. The molecule has 2 amide bonds. The van der Waals surface area contributed by atoms with Crippen molar-refractivity contribution in [1.82, 2.24) is 10.1 Å². The van der Waals surface area contributed by atoms with Gasteiger partial charge in [0.2, 0.25) is 11.8 Å². The summed E-state index contributed by atoms with van der Waals surface area (Å²) in [6.07, 6.45) is 3.88. The number of aliphatic hydroxyl groups is 1. The van der Waals surface area contributed by atoms with Gasteiger partial charge in [0.05, 0.1) is 11.5 Å². The van der Waals surface area contributed by atoms with Gasteiger partial charge in [-0.1, -0.05) is 5.16 Å². The molecule has 24 heavy (non-hydrogen) atoms. The second-order valence-electron chi connectivity index (χ2n) is 6.05. The number of carbonyl (C=O) groups is 2. The Morgan fingerprint density at radius 1 is 1.42 bits per heavy atom. The normalized spacial score (nSPS) is 15.5. The van der Waals surface area contributed by atoms with E-state index in [2.05, 4.69) is 10.5 Å². The molecule has 0 radical (unpaired) electrons. The van der Waals surface area contributed by atoms with Gasteiger partial charge in [0.25, 0.3) is 0 Å². The molecule has 8 heteroatoms. The Bertz CT molecular complexity index is 541. The summed E-state index contributed by atoms with van der Waals surface area (Å²) in [6, 6.07) is 1.65. The SMILES string of the molecule is Cc1cc(NC(=O)CSCC(=O)N2CCC(CCCO)CC2)no1. The van der Waals surface area contributed by atoms with Crippen LogP contribution in [-0.4, -0.2) is 58.2 Å². The third-order valence-corrected chi connectivity index (χ3v) is 5.01. The predicted octanol–water partition coefficient (Wildman–Crippen LogP) is 1.67. The first-order valence-electron chi connectivity index (χ1n) is 8.28. The second kappa shape index (κ2) is 9.68. The van der Waals surface area contributed by atoms with Gasteiger partial charge in [0.15, 0.2) is 5.82 Å². The van der Waals surface area contributed by atoms with Crippen molar-refractivity contribution in [3.05, 3.63) is 11.8 Å². The lowest BCUT2D eigenvalue weighted by Gasteiger charge is -2.32. The number of carbonyl (C=O) groups excluding carboxylic acids is 2. The van der Waals surface area contributed by atoms with Crippen LogP contribution >= 0.6 is 11.8 Å². The van der Waals surface area contributed by atoms with Crippen molar-refractivity contribution in [3.63, 3.8) is 0 Å². The lowest BCUT2D eigenvalue weighted by Crippen LogP contribution is -2.39. The molecule has 134 valence electrons. The van der Waals surface area contributed by atoms with Gasteiger partial charge in [-0.3, -0.25) is 9.59 Å². The van der Waals surface area contributed by atoms with E-state index >= 15 is 0 Å². The molecule has 0 aromatic carbocycles. The van der Waals surface area contributed by atoms with Crippen LogP contribution in [0.15, 0.2) is 10.6 Å². The minimum absolute atomic E-state index is 0.0886. The summed E-state index contributed by atoms with van der Waals surface area (Å²) in [7, 11) is 0. The van der Waals surface area contributed by atoms with E-state index in [1.165, 1.54) is 11.8 Å². The van der Waals surface area contributed by atoms with Gasteiger partial charge in [0.1, 0.15) is 5.76 Å². The van der Waals surface area contributed by atoms with E-state index in [1.807, 2.05) is 4.90 Å². The fourth-order valence-corrected chi connectivity index (χ4v) is 3.49. The number of anilines is 1. The van der Waals surface area contributed by atoms with Gasteiger partial charge < -0.3 is 19.8 Å². The standard InChI is InChI=1S/C16H25N3O4S/c1-12-9-14(18-23-12)17-15(21)10-24-11-16(22)19-6-4-13(5-7-19)3-2-8-20/h9,13,20H,2-8,10-11H2,1H3,(H,17,18,21). The number of rotatable bonds is 8. The molecular formula is C16H25N3O4S. The van der Waals surface area contributed by atoms with Crippen LogP contribution in [0.25, 0.3) is 0 Å². The Hall–Kier alpha value is -1.54. The summed E-state index contributed by atoms with van der Waals surface area (Å²) in [5, 5.41) is 15.2. The van der Waals surface area contributed by atoms with Gasteiger partial charge >= 0.3 is 0 Å². The van der Waals surface area contributed by atoms with Gasteiger partial charge in [-0.25, -0.2) is 0 Å². The van der Waals surface area contributed by atoms with E-state index in [-0.39, 0.29) is 24.2 Å². The molecule has 7 nitrogen and oxygen atoms in total. The Morgan fingerprint density at radius 3 is 2.79 bits per heavy atom. The van der Waals surface area contributed by atoms with Crippen molar-refractivity contribution in [1.29, 1.82) is 0 Å². The van der Waals surface area contributed by atoms with Crippen molar-refractivity contribution < 1.29 is 19.2 Å². The molecule has 2 heterocycles. The summed E-state index contributed by atoms with van der Waals surface area (Å²) >= 11 is 1.31. The van der Waals surface area contributed by atoms with Crippen LogP contribution in [0.5, 0.6) is 0 Å². The topological polar surface area (TPSA) is 95.7 Å². The molecule has 0 atom stereocenters. The smallest absolute Gasteiger partial charge is 0.235 e. The van der Waals surface area contributed by atoms with Gasteiger partial charge in [0, 0.05) is 25.8 Å². The molecule has 2 N–H and O–H groups in total. The molecule has 0 unspecified atom stereocenters. The van der Waals surface area contributed by atoms with E-state index in [9.17, 15) is 9.59 Å². The average Bonchev–Trinajstić information content (AvgIpc) is 2.98. The molecule has 2 rings (SSSR count). The Kier molecular flexibility index (Phi) is 7.58. The van der Waals surface area contributed by atoms with Crippen LogP contribution in [0.1, 0.15) is 31.4 Å². The first kappa shape index (κ1) is 18.8. The van der Waals surface area contributed by atoms with Gasteiger partial charge in [-0.15, -0.1) is 11.8 Å². The highest BCUT2D eigenvalue weighted by atomic mass is 32.2. The minimum atomic E-state index is -0.191. The Balaban J connectivity index is 1.60. The molecule has 1 fully saturated rings. The van der Waals surface area contributed by atoms with E-state index in [0.29, 0.717) is 23.2 Å². The Labute approximate surface area is 146 Å². The molecular weight excluding hydrogens is 330 g/mol. The number of hydrogen-bond acceptors (Lipinski definition) is 6. The number of piperidine rings is 1. The molecule has 0 saturated carbocycles. The first-order chi connectivity index (χ1) is 11.6. The third-order valence-electron chi connectivity index (χ3n) is 4.09. The highest BCUT2D eigenvalue weighted by Crippen LogP contribution is 2.22. The molecule has 1 aromatic heterocycles. The van der Waals surface area contributed by atoms with Crippen molar-refractivity contribution in [2.75, 3.05) is 36.5 Å². The number of thioether (sulfide) groups is 1. The molecule has 0 aliphatic carbocycles. The van der Waals surface area contributed by atoms with Crippen LogP contribution < -0.4 is 5.32 Å². The average molecular weight is 355 g/mol. The van der Waals surface area contributed by atoms with Crippen molar-refractivity contribution in [2.45, 2.75) is 32.6 Å². The zero-order chi connectivity index (χ0) is 17.4. The van der Waals surface area contributed by atoms with E-state index in [0.717, 1.165) is 38.8 Å². The van der Waals surface area contributed by atoms with E-state index in [1.54, 1.807) is 13.0 Å². The largest absolute Gasteiger partial charge is 0.396 e. The number of amides is 2. The number of nitrogens with zero attached hydrogens (tertiary/aromatic N) is 2. The molecule has 1 aromatic rings. The highest BCUT2D eigenvalue weighted by Gasteiger charge is 2.22. The molecule has 1 aliphatic heterocycles. The summed E-state index contributed by atoms with van der Waals surface area (Å²) in [6.45, 7) is 3.55. The van der Waals surface area contributed by atoms with Crippen LogP contribution in [-0.2, 0) is 9.59 Å². The quantitative estimate of drug-likeness (QED) is 0.736. The zero-order valence-electron chi connectivity index (χ0n) is 14.0. The summed E-state index contributed by atoms with van der Waals surface area (Å²) in [5.41, 5.74) is 0. The molecule has 0 bridgehead atoms. The second-order valence-corrected chi connectivity index (χ2v) is 7.04. The van der Waals surface area contributed by atoms with E-state index < -0.39 is 0 Å². The molecule has 1 aliphatic rings. The van der Waals surface area contributed by atoms with Crippen molar-refractivity contribution in [3.8, 4) is 0 Å². The number of aromatic nitrogens is 1. The van der Waals surface area contributed by atoms with E-state index in [4.69, 9.17) is 9.63 Å². The number of aryl methyl sites for hydroxylation is 1. The summed E-state index contributed by atoms with van der Waals surface area (Å²) in [5.74, 6) is 2.07. The lowest BCUT2D eigenvalue weighted by molar-refractivity contribution is -0.129. The predicted molar refractivity (Wildman–Crippen MR) is 92.8 cm³/mol. The number of nitrogens with one attached hydrogen (secondary N) is 1. The van der Waals surface area contributed by atoms with Gasteiger partial charge in [-0.2, -0.15) is 0 Å². The van der Waals surface area contributed by atoms with Crippen molar-refractivity contribution in [2.24, 2.45) is 5.92 Å².